The zero-order chi connectivity index (χ0) is 26.5. The van der Waals surface area contributed by atoms with Gasteiger partial charge >= 0.3 is 0 Å². The molecule has 2 N–H and O–H groups in total. The molecule has 0 fully saturated rings. The summed E-state index contributed by atoms with van der Waals surface area (Å²) in [7, 11) is 3.12. The molecule has 2 heterocycles. The highest BCUT2D eigenvalue weighted by molar-refractivity contribution is 7.17. The number of nitrogens with zero attached hydrogens (tertiary/aromatic N) is 1. The number of anilines is 1. The molecule has 2 amide bonds. The maximum absolute atomic E-state index is 13.3. The maximum atomic E-state index is 13.3. The molecule has 9 heteroatoms. The Morgan fingerprint density at radius 2 is 1.76 bits per heavy atom. The van der Waals surface area contributed by atoms with Crippen molar-refractivity contribution < 1.29 is 23.6 Å². The second-order valence-electron chi connectivity index (χ2n) is 9.01. The van der Waals surface area contributed by atoms with E-state index in [-0.39, 0.29) is 11.6 Å². The fourth-order valence-corrected chi connectivity index (χ4v) is 5.90. The maximum Gasteiger partial charge on any atom is 0.278 e. The SMILES string of the molecule is COc1ccc(-c2cc(C(=O)Nc3sc4c(c3C(=O)NCCc3ccccc3)CCCC4)no2)cc1OC. The number of fused-ring (bicyclic) bond motifs is 1. The first kappa shape index (κ1) is 25.5. The van der Waals surface area contributed by atoms with Crippen molar-refractivity contribution >= 4 is 28.2 Å². The normalized spacial score (nSPS) is 12.5. The molecule has 0 radical (unpaired) electrons. The van der Waals surface area contributed by atoms with Crippen LogP contribution in [0.5, 0.6) is 11.5 Å². The van der Waals surface area contributed by atoms with E-state index in [2.05, 4.69) is 15.8 Å². The van der Waals surface area contributed by atoms with Gasteiger partial charge in [0.2, 0.25) is 0 Å². The molecule has 0 saturated heterocycles. The Morgan fingerprint density at radius 3 is 2.55 bits per heavy atom. The topological polar surface area (TPSA) is 103 Å². The molecule has 196 valence electrons. The van der Waals surface area contributed by atoms with Crippen molar-refractivity contribution in [1.82, 2.24) is 10.5 Å². The molecule has 5 rings (SSSR count). The molecule has 0 spiro atoms. The van der Waals surface area contributed by atoms with Crippen LogP contribution < -0.4 is 20.1 Å². The Balaban J connectivity index is 1.33. The molecule has 0 atom stereocenters. The standard InChI is InChI=1S/C29H29N3O5S/c1-35-22-13-12-19(16-24(22)36-2)23-17-21(32-37-23)27(33)31-29-26(20-10-6-7-11-25(20)38-29)28(34)30-15-14-18-8-4-3-5-9-18/h3-5,8-9,12-13,16-17H,6-7,10-11,14-15H2,1-2H3,(H,30,34)(H,31,33). The third-order valence-corrected chi connectivity index (χ3v) is 7.79. The zero-order valence-corrected chi connectivity index (χ0v) is 22.2. The van der Waals surface area contributed by atoms with E-state index >= 15 is 0 Å². The Kier molecular flexibility index (Phi) is 7.74. The van der Waals surface area contributed by atoms with Crippen LogP contribution in [0.25, 0.3) is 11.3 Å². The van der Waals surface area contributed by atoms with E-state index in [0.717, 1.165) is 48.1 Å². The van der Waals surface area contributed by atoms with Gasteiger partial charge in [-0.3, -0.25) is 9.59 Å². The number of nitrogens with one attached hydrogen (secondary N) is 2. The molecular weight excluding hydrogens is 502 g/mol. The third-order valence-electron chi connectivity index (χ3n) is 6.58. The van der Waals surface area contributed by atoms with Crippen LogP contribution in [0.1, 0.15) is 49.7 Å². The van der Waals surface area contributed by atoms with Gasteiger partial charge in [-0.2, -0.15) is 0 Å². The van der Waals surface area contributed by atoms with Crippen LogP contribution in [0.4, 0.5) is 5.00 Å². The minimum Gasteiger partial charge on any atom is -0.493 e. The van der Waals surface area contributed by atoms with E-state index in [1.807, 2.05) is 30.3 Å². The lowest BCUT2D eigenvalue weighted by Crippen LogP contribution is -2.27. The van der Waals surface area contributed by atoms with E-state index in [9.17, 15) is 9.59 Å². The largest absolute Gasteiger partial charge is 0.493 e. The van der Waals surface area contributed by atoms with Crippen molar-refractivity contribution in [2.45, 2.75) is 32.1 Å². The summed E-state index contributed by atoms with van der Waals surface area (Å²) >= 11 is 1.47. The number of rotatable bonds is 9. The van der Waals surface area contributed by atoms with Gasteiger partial charge in [-0.05, 0) is 61.4 Å². The van der Waals surface area contributed by atoms with Gasteiger partial charge in [0.25, 0.3) is 11.8 Å². The van der Waals surface area contributed by atoms with E-state index in [4.69, 9.17) is 14.0 Å². The zero-order valence-electron chi connectivity index (χ0n) is 21.3. The van der Waals surface area contributed by atoms with Gasteiger partial charge in [-0.15, -0.1) is 11.3 Å². The first-order valence-corrected chi connectivity index (χ1v) is 13.4. The highest BCUT2D eigenvalue weighted by Crippen LogP contribution is 2.38. The van der Waals surface area contributed by atoms with Crippen molar-refractivity contribution in [2.75, 3.05) is 26.1 Å². The molecule has 0 unspecified atom stereocenters. The molecule has 2 aromatic carbocycles. The lowest BCUT2D eigenvalue weighted by Gasteiger charge is -2.13. The molecule has 1 aliphatic carbocycles. The minimum absolute atomic E-state index is 0.122. The van der Waals surface area contributed by atoms with E-state index in [1.54, 1.807) is 38.5 Å². The van der Waals surface area contributed by atoms with Crippen LogP contribution in [0.3, 0.4) is 0 Å². The molecule has 0 saturated carbocycles. The molecule has 0 aliphatic heterocycles. The summed E-state index contributed by atoms with van der Waals surface area (Å²) in [6.07, 6.45) is 4.58. The Morgan fingerprint density at radius 1 is 0.974 bits per heavy atom. The second-order valence-corrected chi connectivity index (χ2v) is 10.1. The van der Waals surface area contributed by atoms with Crippen LogP contribution in [0, 0.1) is 0 Å². The monoisotopic (exact) mass is 531 g/mol. The summed E-state index contributed by atoms with van der Waals surface area (Å²) in [5.41, 5.74) is 3.58. The predicted molar refractivity (Wildman–Crippen MR) is 146 cm³/mol. The number of thiophene rings is 1. The van der Waals surface area contributed by atoms with Crippen LogP contribution in [-0.4, -0.2) is 37.7 Å². The van der Waals surface area contributed by atoms with Gasteiger partial charge in [0, 0.05) is 23.1 Å². The lowest BCUT2D eigenvalue weighted by molar-refractivity contribution is 0.0954. The van der Waals surface area contributed by atoms with Gasteiger partial charge in [-0.1, -0.05) is 35.5 Å². The summed E-state index contributed by atoms with van der Waals surface area (Å²) in [6, 6.07) is 16.9. The number of methoxy groups -OCH3 is 2. The van der Waals surface area contributed by atoms with E-state index in [1.165, 1.54) is 11.3 Å². The second kappa shape index (κ2) is 11.5. The summed E-state index contributed by atoms with van der Waals surface area (Å²) in [5.74, 6) is 0.948. The van der Waals surface area contributed by atoms with Crippen LogP contribution in [0.2, 0.25) is 0 Å². The first-order chi connectivity index (χ1) is 18.6. The number of carbonyl (C=O) groups is 2. The molecule has 0 bridgehead atoms. The molecule has 8 nitrogen and oxygen atoms in total. The fraction of sp³-hybridized carbons (Fsp3) is 0.276. The number of ether oxygens (including phenoxy) is 2. The number of hydrogen-bond donors (Lipinski definition) is 2. The van der Waals surface area contributed by atoms with Gasteiger partial charge in [-0.25, -0.2) is 0 Å². The highest BCUT2D eigenvalue weighted by Gasteiger charge is 2.27. The molecule has 2 aromatic heterocycles. The van der Waals surface area contributed by atoms with E-state index < -0.39 is 5.91 Å². The first-order valence-electron chi connectivity index (χ1n) is 12.5. The van der Waals surface area contributed by atoms with E-state index in [0.29, 0.717) is 39.9 Å². The average molecular weight is 532 g/mol. The number of aryl methyl sites for hydroxylation is 1. The molecule has 1 aliphatic rings. The van der Waals surface area contributed by atoms with Crippen molar-refractivity contribution in [1.29, 1.82) is 0 Å². The van der Waals surface area contributed by atoms with Gasteiger partial charge < -0.3 is 24.6 Å². The van der Waals surface area contributed by atoms with Gasteiger partial charge in [0.15, 0.2) is 23.0 Å². The van der Waals surface area contributed by atoms with Crippen molar-refractivity contribution in [2.24, 2.45) is 0 Å². The fourth-order valence-electron chi connectivity index (χ4n) is 4.62. The molecule has 4 aromatic rings. The number of hydrogen-bond acceptors (Lipinski definition) is 7. The summed E-state index contributed by atoms with van der Waals surface area (Å²) < 4.78 is 16.1. The average Bonchev–Trinajstić information content (AvgIpc) is 3.58. The Labute approximate surface area is 225 Å². The number of amides is 2. The summed E-state index contributed by atoms with van der Waals surface area (Å²) in [6.45, 7) is 0.513. The number of carbonyl (C=O) groups excluding carboxylic acids is 2. The van der Waals surface area contributed by atoms with Crippen molar-refractivity contribution in [3.63, 3.8) is 0 Å². The Hall–Kier alpha value is -4.11. The highest BCUT2D eigenvalue weighted by atomic mass is 32.1. The summed E-state index contributed by atoms with van der Waals surface area (Å²) in [4.78, 5) is 27.6. The van der Waals surface area contributed by atoms with Crippen molar-refractivity contribution in [3.05, 3.63) is 81.9 Å². The minimum atomic E-state index is -0.433. The quantitative estimate of drug-likeness (QED) is 0.295. The van der Waals surface area contributed by atoms with Crippen LogP contribution in [0.15, 0.2) is 59.1 Å². The van der Waals surface area contributed by atoms with Gasteiger partial charge in [0.05, 0.1) is 19.8 Å². The van der Waals surface area contributed by atoms with Crippen LogP contribution >= 0.6 is 11.3 Å². The predicted octanol–water partition coefficient (Wildman–Crippen LogP) is 5.52. The third kappa shape index (κ3) is 5.43. The van der Waals surface area contributed by atoms with Crippen molar-refractivity contribution in [3.8, 4) is 22.8 Å². The number of benzene rings is 2. The Bertz CT molecular complexity index is 1440. The van der Waals surface area contributed by atoms with Crippen LogP contribution in [-0.2, 0) is 19.3 Å². The lowest BCUT2D eigenvalue weighted by atomic mass is 9.95. The summed E-state index contributed by atoms with van der Waals surface area (Å²) in [5, 5.41) is 10.5. The molecular formula is C29H29N3O5S. The molecule has 38 heavy (non-hydrogen) atoms. The van der Waals surface area contributed by atoms with Gasteiger partial charge in [0.1, 0.15) is 5.00 Å². The number of aromatic nitrogens is 1. The smallest absolute Gasteiger partial charge is 0.278 e.